The van der Waals surface area contributed by atoms with E-state index in [4.69, 9.17) is 9.47 Å². The lowest BCUT2D eigenvalue weighted by Gasteiger charge is -2.57. The summed E-state index contributed by atoms with van der Waals surface area (Å²) in [6, 6.07) is 4.83. The van der Waals surface area contributed by atoms with Gasteiger partial charge in [0, 0.05) is 22.6 Å². The summed E-state index contributed by atoms with van der Waals surface area (Å²) < 4.78 is 13.0. The number of ether oxygens (including phenoxy) is 2. The van der Waals surface area contributed by atoms with E-state index in [0.29, 0.717) is 12.0 Å². The largest absolute Gasteiger partial charge is 0.489 e. The molecule has 4 nitrogen and oxygen atoms in total. The number of aliphatic hydroxyl groups is 1. The SMILES string of the molecule is CN1CCC23c4c5ccc(CO)c4OC2C(OC(C)(C)C)=CC[C@H]3[C@H]1C5. The number of nitrogens with zero attached hydrogens (tertiary/aromatic N) is 1. The average Bonchev–Trinajstić information content (AvgIpc) is 2.93. The minimum atomic E-state index is -0.240. The maximum absolute atomic E-state index is 9.89. The van der Waals surface area contributed by atoms with Gasteiger partial charge in [0.1, 0.15) is 17.1 Å². The van der Waals surface area contributed by atoms with Crippen LogP contribution in [0, 0.1) is 5.92 Å². The summed E-state index contributed by atoms with van der Waals surface area (Å²) in [6.45, 7) is 7.42. The summed E-state index contributed by atoms with van der Waals surface area (Å²) in [5.41, 5.74) is 3.46. The van der Waals surface area contributed by atoms with Crippen LogP contribution in [0.25, 0.3) is 0 Å². The zero-order chi connectivity index (χ0) is 18.3. The number of aliphatic hydroxyl groups excluding tert-OH is 1. The van der Waals surface area contributed by atoms with Gasteiger partial charge >= 0.3 is 0 Å². The molecule has 26 heavy (non-hydrogen) atoms. The molecule has 1 N–H and O–H groups in total. The van der Waals surface area contributed by atoms with E-state index in [2.05, 4.69) is 44.9 Å². The smallest absolute Gasteiger partial charge is 0.165 e. The Morgan fingerprint density at radius 1 is 1.35 bits per heavy atom. The van der Waals surface area contributed by atoms with Crippen molar-refractivity contribution in [3.8, 4) is 5.75 Å². The minimum absolute atomic E-state index is 0.000602. The lowest BCUT2D eigenvalue weighted by molar-refractivity contribution is -0.0548. The molecule has 0 aromatic heterocycles. The molecule has 1 aromatic rings. The molecule has 2 bridgehead atoms. The van der Waals surface area contributed by atoms with Crippen LogP contribution >= 0.6 is 0 Å². The molecule has 2 aliphatic heterocycles. The third kappa shape index (κ3) is 2.03. The highest BCUT2D eigenvalue weighted by atomic mass is 16.6. The molecule has 140 valence electrons. The van der Waals surface area contributed by atoms with Crippen LogP contribution in [0.4, 0.5) is 0 Å². The quantitative estimate of drug-likeness (QED) is 0.885. The lowest BCUT2D eigenvalue weighted by Crippen LogP contribution is -2.63. The molecule has 2 heterocycles. The van der Waals surface area contributed by atoms with Crippen molar-refractivity contribution >= 4 is 0 Å². The predicted molar refractivity (Wildman–Crippen MR) is 100 cm³/mol. The van der Waals surface area contributed by atoms with Gasteiger partial charge in [-0.25, -0.2) is 0 Å². The zero-order valence-electron chi connectivity index (χ0n) is 16.2. The van der Waals surface area contributed by atoms with Gasteiger partial charge in [-0.05, 0) is 71.2 Å². The molecule has 1 fully saturated rings. The Labute approximate surface area is 155 Å². The van der Waals surface area contributed by atoms with Gasteiger partial charge in [-0.2, -0.15) is 0 Å². The fraction of sp³-hybridized carbons (Fsp3) is 0.636. The Morgan fingerprint density at radius 2 is 2.15 bits per heavy atom. The van der Waals surface area contributed by atoms with E-state index in [0.717, 1.165) is 42.9 Å². The maximum Gasteiger partial charge on any atom is 0.165 e. The molecular formula is C22H29NO3. The van der Waals surface area contributed by atoms with Crippen molar-refractivity contribution in [2.75, 3.05) is 13.6 Å². The number of hydrogen-bond acceptors (Lipinski definition) is 4. The van der Waals surface area contributed by atoms with Crippen LogP contribution in [0.15, 0.2) is 24.0 Å². The second kappa shape index (κ2) is 5.26. The number of hydrogen-bond donors (Lipinski definition) is 1. The monoisotopic (exact) mass is 355 g/mol. The van der Waals surface area contributed by atoms with Crippen LogP contribution in [0.3, 0.4) is 0 Å². The molecular weight excluding hydrogens is 326 g/mol. The molecule has 2 unspecified atom stereocenters. The first-order chi connectivity index (χ1) is 12.3. The third-order valence-electron chi connectivity index (χ3n) is 6.92. The second-order valence-electron chi connectivity index (χ2n) is 9.45. The number of likely N-dealkylation sites (tertiary alicyclic amines) is 1. The summed E-state index contributed by atoms with van der Waals surface area (Å²) in [7, 11) is 2.27. The van der Waals surface area contributed by atoms with Crippen molar-refractivity contribution in [1.82, 2.24) is 4.90 Å². The van der Waals surface area contributed by atoms with Crippen LogP contribution < -0.4 is 4.74 Å². The van der Waals surface area contributed by atoms with Crippen molar-refractivity contribution in [2.45, 2.75) is 69.8 Å². The van der Waals surface area contributed by atoms with Crippen molar-refractivity contribution in [3.05, 3.63) is 40.7 Å². The number of allylic oxidation sites excluding steroid dienone is 1. The van der Waals surface area contributed by atoms with Gasteiger partial charge in [-0.3, -0.25) is 0 Å². The van der Waals surface area contributed by atoms with Crippen LogP contribution in [-0.2, 0) is 23.2 Å². The Kier molecular flexibility index (Phi) is 3.37. The average molecular weight is 355 g/mol. The fourth-order valence-electron chi connectivity index (χ4n) is 5.96. The molecule has 0 saturated carbocycles. The Morgan fingerprint density at radius 3 is 2.88 bits per heavy atom. The van der Waals surface area contributed by atoms with Crippen molar-refractivity contribution in [3.63, 3.8) is 0 Å². The molecule has 4 atom stereocenters. The number of rotatable bonds is 2. The molecule has 4 aliphatic rings. The molecule has 5 rings (SSSR count). The zero-order valence-corrected chi connectivity index (χ0v) is 16.2. The Hall–Kier alpha value is -1.52. The normalized spacial score (nSPS) is 34.8. The van der Waals surface area contributed by atoms with E-state index in [-0.39, 0.29) is 23.7 Å². The lowest BCUT2D eigenvalue weighted by atomic mass is 9.53. The molecule has 0 amide bonds. The van der Waals surface area contributed by atoms with Crippen molar-refractivity contribution in [2.24, 2.45) is 5.92 Å². The molecule has 1 saturated heterocycles. The van der Waals surface area contributed by atoms with Gasteiger partial charge in [0.15, 0.2) is 6.10 Å². The van der Waals surface area contributed by atoms with Gasteiger partial charge in [0.05, 0.1) is 6.61 Å². The van der Waals surface area contributed by atoms with Crippen LogP contribution in [0.1, 0.15) is 50.3 Å². The van der Waals surface area contributed by atoms with Gasteiger partial charge < -0.3 is 19.5 Å². The van der Waals surface area contributed by atoms with Gasteiger partial charge in [0.25, 0.3) is 0 Å². The predicted octanol–water partition coefficient (Wildman–Crippen LogP) is 3.16. The fourth-order valence-corrected chi connectivity index (χ4v) is 5.96. The first-order valence-electron chi connectivity index (χ1n) is 9.87. The van der Waals surface area contributed by atoms with Crippen molar-refractivity contribution < 1.29 is 14.6 Å². The Bertz CT molecular complexity index is 793. The highest BCUT2D eigenvalue weighted by Crippen LogP contribution is 2.62. The van der Waals surface area contributed by atoms with E-state index in [9.17, 15) is 5.11 Å². The summed E-state index contributed by atoms with van der Waals surface area (Å²) in [5.74, 6) is 2.49. The van der Waals surface area contributed by atoms with E-state index >= 15 is 0 Å². The van der Waals surface area contributed by atoms with E-state index in [1.54, 1.807) is 0 Å². The number of benzene rings is 1. The molecule has 4 heteroatoms. The number of piperidine rings is 1. The van der Waals surface area contributed by atoms with Crippen LogP contribution in [-0.4, -0.2) is 41.3 Å². The standard InChI is InChI=1S/C22H29NO3/c1-21(2,3)26-17-8-7-15-16-11-13-5-6-14(12-24)19-18(13)22(15,20(17)25-19)9-10-23(16)4/h5-6,8,15-16,20,24H,7,9-12H2,1-4H3/t15-,16+,20?,22?/m0/s1. The topological polar surface area (TPSA) is 41.9 Å². The second-order valence-corrected chi connectivity index (χ2v) is 9.45. The highest BCUT2D eigenvalue weighted by molar-refractivity contribution is 5.59. The van der Waals surface area contributed by atoms with Crippen LogP contribution in [0.5, 0.6) is 5.75 Å². The summed E-state index contributed by atoms with van der Waals surface area (Å²) >= 11 is 0. The Balaban J connectivity index is 1.72. The first kappa shape index (κ1) is 16.6. The van der Waals surface area contributed by atoms with Crippen molar-refractivity contribution in [1.29, 1.82) is 0 Å². The highest BCUT2D eigenvalue weighted by Gasteiger charge is 2.64. The molecule has 1 aromatic carbocycles. The van der Waals surface area contributed by atoms with Gasteiger partial charge in [0.2, 0.25) is 0 Å². The van der Waals surface area contributed by atoms with Gasteiger partial charge in [-0.1, -0.05) is 12.1 Å². The summed E-state index contributed by atoms with van der Waals surface area (Å²) in [4.78, 5) is 2.54. The van der Waals surface area contributed by atoms with Crippen LogP contribution in [0.2, 0.25) is 0 Å². The first-order valence-corrected chi connectivity index (χ1v) is 9.87. The minimum Gasteiger partial charge on any atom is -0.489 e. The van der Waals surface area contributed by atoms with Gasteiger partial charge in [-0.15, -0.1) is 0 Å². The van der Waals surface area contributed by atoms with E-state index in [1.165, 1.54) is 11.1 Å². The maximum atomic E-state index is 9.89. The third-order valence-corrected chi connectivity index (χ3v) is 6.92. The molecule has 0 radical (unpaired) electrons. The number of likely N-dealkylation sites (N-methyl/N-ethyl adjacent to an activating group) is 1. The molecule has 1 spiro atoms. The van der Waals surface area contributed by atoms with E-state index in [1.807, 2.05) is 6.07 Å². The summed E-state index contributed by atoms with van der Waals surface area (Å²) in [5, 5.41) is 9.89. The molecule has 2 aliphatic carbocycles. The van der Waals surface area contributed by atoms with E-state index < -0.39 is 0 Å². The summed E-state index contributed by atoms with van der Waals surface area (Å²) in [6.07, 6.45) is 5.44.